The number of benzene rings is 4. The van der Waals surface area contributed by atoms with Crippen LogP contribution in [0.3, 0.4) is 0 Å². The number of halogens is 2. The molecule has 0 bridgehead atoms. The summed E-state index contributed by atoms with van der Waals surface area (Å²) >= 11 is 0. The molecule has 4 aromatic carbocycles. The Hall–Kier alpha value is -2.13. The van der Waals surface area contributed by atoms with E-state index in [4.69, 9.17) is 0 Å². The van der Waals surface area contributed by atoms with Crippen LogP contribution >= 0.6 is 0 Å². The Morgan fingerprint density at radius 3 is 1.69 bits per heavy atom. The first-order valence-electron chi connectivity index (χ1n) is 11.1. The van der Waals surface area contributed by atoms with E-state index in [1.807, 2.05) is 60.7 Å². The SMILES string of the molecule is CC1=C(C)C(C)=C(c2[c-]c3ccccc3cc2)C1.OC(c1ccccc1)c1ccccc1.[Cl-].[Cl-].[Ti+3]. The second-order valence-electron chi connectivity index (χ2n) is 8.37. The summed E-state index contributed by atoms with van der Waals surface area (Å²) < 4.78 is 0. The van der Waals surface area contributed by atoms with Gasteiger partial charge in [-0.1, -0.05) is 107 Å². The molecule has 0 aromatic heterocycles. The van der Waals surface area contributed by atoms with E-state index in [9.17, 15) is 5.11 Å². The molecule has 1 aliphatic rings. The fourth-order valence-corrected chi connectivity index (χ4v) is 4.13. The average molecular weight is 536 g/mol. The summed E-state index contributed by atoms with van der Waals surface area (Å²) in [5.74, 6) is 0. The maximum atomic E-state index is 9.99. The molecular weight excluding hydrogens is 507 g/mol. The van der Waals surface area contributed by atoms with E-state index in [1.54, 1.807) is 0 Å². The van der Waals surface area contributed by atoms with Crippen LogP contribution in [0.4, 0.5) is 0 Å². The molecule has 4 aromatic rings. The third kappa shape index (κ3) is 7.43. The predicted octanol–water partition coefficient (Wildman–Crippen LogP) is 1.93. The van der Waals surface area contributed by atoms with Crippen molar-refractivity contribution >= 4 is 16.3 Å². The molecule has 0 heterocycles. The van der Waals surface area contributed by atoms with Gasteiger partial charge in [-0.15, -0.1) is 35.2 Å². The number of rotatable bonds is 3. The third-order valence-corrected chi connectivity index (χ3v) is 6.31. The van der Waals surface area contributed by atoms with Gasteiger partial charge in [0.25, 0.3) is 0 Å². The van der Waals surface area contributed by atoms with Crippen molar-refractivity contribution in [1.29, 1.82) is 0 Å². The summed E-state index contributed by atoms with van der Waals surface area (Å²) in [6.07, 6.45) is 0.560. The molecule has 0 saturated heterocycles. The molecule has 0 unspecified atom stereocenters. The quantitative estimate of drug-likeness (QED) is 0.314. The van der Waals surface area contributed by atoms with Crippen molar-refractivity contribution in [3.8, 4) is 0 Å². The Morgan fingerprint density at radius 2 is 1.17 bits per heavy atom. The zero-order chi connectivity index (χ0) is 22.5. The van der Waals surface area contributed by atoms with Gasteiger partial charge in [-0.2, -0.15) is 0 Å². The number of hydrogen-bond donors (Lipinski definition) is 1. The van der Waals surface area contributed by atoms with E-state index in [1.165, 1.54) is 38.6 Å². The van der Waals surface area contributed by atoms with Crippen LogP contribution in [-0.4, -0.2) is 5.11 Å². The first-order chi connectivity index (χ1) is 15.5. The summed E-state index contributed by atoms with van der Waals surface area (Å²) in [5, 5.41) is 12.5. The standard InChI is InChI=1S/C18H17.C13H12O.2ClH.Ti/c1-12-10-18(14(3)13(12)2)17-9-8-15-6-4-5-7-16(15)11-17;14-13(11-7-3-1-4-8-11)12-9-5-2-6-10-12;;;/h4-9H,10H2,1-3H3;1-10,13-14H;2*1H;/q-1;;;;+3/p-2. The molecule has 0 saturated carbocycles. The van der Waals surface area contributed by atoms with Crippen LogP contribution < -0.4 is 24.8 Å². The molecule has 0 aliphatic heterocycles. The summed E-state index contributed by atoms with van der Waals surface area (Å²) in [4.78, 5) is 0. The summed E-state index contributed by atoms with van der Waals surface area (Å²) in [6.45, 7) is 6.68. The molecule has 4 heteroatoms. The molecule has 177 valence electrons. The minimum Gasteiger partial charge on any atom is -1.00 e. The molecule has 0 amide bonds. The van der Waals surface area contributed by atoms with Crippen LogP contribution in [0.5, 0.6) is 0 Å². The minimum absolute atomic E-state index is 0. The van der Waals surface area contributed by atoms with Gasteiger partial charge in [-0.3, -0.25) is 0 Å². The van der Waals surface area contributed by atoms with Crippen LogP contribution in [0.1, 0.15) is 50.0 Å². The number of aliphatic hydroxyl groups is 1. The number of hydrogen-bond acceptors (Lipinski definition) is 1. The average Bonchev–Trinajstić information content (AvgIpc) is 3.12. The number of aliphatic hydroxyl groups excluding tert-OH is 1. The van der Waals surface area contributed by atoms with Gasteiger partial charge in [0.2, 0.25) is 0 Å². The van der Waals surface area contributed by atoms with Gasteiger partial charge in [-0.05, 0) is 38.3 Å². The van der Waals surface area contributed by atoms with Crippen LogP contribution in [0, 0.1) is 6.07 Å². The van der Waals surface area contributed by atoms with E-state index in [2.05, 4.69) is 63.2 Å². The second-order valence-corrected chi connectivity index (χ2v) is 8.37. The molecule has 1 nitrogen and oxygen atoms in total. The minimum atomic E-state index is -0.516. The predicted molar refractivity (Wildman–Crippen MR) is 135 cm³/mol. The van der Waals surface area contributed by atoms with Gasteiger partial charge >= 0.3 is 21.7 Å². The van der Waals surface area contributed by atoms with E-state index in [0.717, 1.165) is 17.5 Å². The Kier molecular flexibility index (Phi) is 12.7. The molecule has 1 N–H and O–H groups in total. The molecule has 1 radical (unpaired) electrons. The maximum Gasteiger partial charge on any atom is 3.00 e. The van der Waals surface area contributed by atoms with Gasteiger partial charge in [0.05, 0.1) is 0 Å². The van der Waals surface area contributed by atoms with Crippen LogP contribution in [0.15, 0.2) is 114 Å². The zero-order valence-corrected chi connectivity index (χ0v) is 23.3. The number of allylic oxidation sites excluding steroid dienone is 4. The van der Waals surface area contributed by atoms with E-state index in [0.29, 0.717) is 0 Å². The fraction of sp³-hybridized carbons (Fsp3) is 0.161. The normalized spacial score (nSPS) is 12.4. The van der Waals surface area contributed by atoms with Crippen molar-refractivity contribution in [3.05, 3.63) is 137 Å². The smallest absolute Gasteiger partial charge is 1.00 e. The van der Waals surface area contributed by atoms with Crippen molar-refractivity contribution < 1.29 is 51.6 Å². The Balaban J connectivity index is 0.000000331. The van der Waals surface area contributed by atoms with Gasteiger partial charge in [-0.25, -0.2) is 0 Å². The summed E-state index contributed by atoms with van der Waals surface area (Å²) in [5.41, 5.74) is 8.92. The molecule has 0 fully saturated rings. The fourth-order valence-electron chi connectivity index (χ4n) is 4.13. The van der Waals surface area contributed by atoms with Gasteiger partial charge in [0, 0.05) is 0 Å². The molecule has 0 atom stereocenters. The molecule has 0 spiro atoms. The molecular formula is C31H29Cl2OTi. The van der Waals surface area contributed by atoms with E-state index >= 15 is 0 Å². The van der Waals surface area contributed by atoms with Crippen molar-refractivity contribution in [3.63, 3.8) is 0 Å². The van der Waals surface area contributed by atoms with E-state index in [-0.39, 0.29) is 46.5 Å². The topological polar surface area (TPSA) is 20.2 Å². The second kappa shape index (κ2) is 14.4. The van der Waals surface area contributed by atoms with Gasteiger partial charge in [0.1, 0.15) is 6.10 Å². The van der Waals surface area contributed by atoms with E-state index < -0.39 is 6.10 Å². The molecule has 5 rings (SSSR count). The Morgan fingerprint density at radius 1 is 0.657 bits per heavy atom. The zero-order valence-electron chi connectivity index (χ0n) is 20.2. The van der Waals surface area contributed by atoms with Crippen molar-refractivity contribution in [2.24, 2.45) is 0 Å². The maximum absolute atomic E-state index is 9.99. The first kappa shape index (κ1) is 30.9. The Labute approximate surface area is 236 Å². The summed E-state index contributed by atoms with van der Waals surface area (Å²) in [7, 11) is 0. The van der Waals surface area contributed by atoms with Crippen molar-refractivity contribution in [2.75, 3.05) is 0 Å². The molecule has 1 aliphatic carbocycles. The van der Waals surface area contributed by atoms with Gasteiger partial charge < -0.3 is 29.9 Å². The van der Waals surface area contributed by atoms with Crippen LogP contribution in [0.25, 0.3) is 16.3 Å². The van der Waals surface area contributed by atoms with Crippen molar-refractivity contribution in [2.45, 2.75) is 33.3 Å². The van der Waals surface area contributed by atoms with Crippen molar-refractivity contribution in [1.82, 2.24) is 0 Å². The largest absolute Gasteiger partial charge is 3.00 e. The monoisotopic (exact) mass is 535 g/mol. The van der Waals surface area contributed by atoms with Gasteiger partial charge in [0.15, 0.2) is 0 Å². The molecule has 35 heavy (non-hydrogen) atoms. The third-order valence-electron chi connectivity index (χ3n) is 6.31. The summed E-state index contributed by atoms with van der Waals surface area (Å²) in [6, 6.07) is 35.7. The number of fused-ring (bicyclic) bond motifs is 1. The Bertz CT molecular complexity index is 1240. The first-order valence-corrected chi connectivity index (χ1v) is 11.1. The van der Waals surface area contributed by atoms with Crippen LogP contribution in [-0.2, 0) is 21.7 Å². The van der Waals surface area contributed by atoms with Crippen LogP contribution in [0.2, 0.25) is 0 Å².